The summed E-state index contributed by atoms with van der Waals surface area (Å²) in [6, 6.07) is 3.66. The van der Waals surface area contributed by atoms with Gasteiger partial charge in [0.05, 0.1) is 11.3 Å². The molecular weight excluding hydrogens is 228 g/mol. The number of nitrogen functional groups attached to an aromatic ring is 1. The molecule has 5 heteroatoms. The van der Waals surface area contributed by atoms with Crippen LogP contribution in [0, 0.1) is 16.7 Å². The third kappa shape index (κ3) is 2.90. The lowest BCUT2D eigenvalue weighted by Gasteiger charge is -2.16. The standard InChI is InChI=1S/C13H18N4O/c1-18-5-4-13(2-3-13)9-17-12-11(15)6-10(7-14)8-16-12/h6,8H,2-5,9,15H2,1H3,(H,16,17). The Hall–Kier alpha value is -1.80. The summed E-state index contributed by atoms with van der Waals surface area (Å²) in [5.41, 5.74) is 7.20. The van der Waals surface area contributed by atoms with Crippen LogP contribution in [0.4, 0.5) is 11.5 Å². The first-order valence-electron chi connectivity index (χ1n) is 6.07. The molecule has 1 saturated carbocycles. The molecule has 1 aromatic rings. The monoisotopic (exact) mass is 246 g/mol. The number of hydrogen-bond acceptors (Lipinski definition) is 5. The van der Waals surface area contributed by atoms with Crippen LogP contribution in [0.5, 0.6) is 0 Å². The maximum Gasteiger partial charge on any atom is 0.149 e. The van der Waals surface area contributed by atoms with Crippen molar-refractivity contribution >= 4 is 11.5 Å². The van der Waals surface area contributed by atoms with Gasteiger partial charge in [0, 0.05) is 26.5 Å². The molecule has 0 aliphatic heterocycles. The number of nitrogens with zero attached hydrogens (tertiary/aromatic N) is 2. The van der Waals surface area contributed by atoms with Crippen molar-refractivity contribution in [3.8, 4) is 6.07 Å². The van der Waals surface area contributed by atoms with Crippen LogP contribution in [0.3, 0.4) is 0 Å². The zero-order valence-corrected chi connectivity index (χ0v) is 10.6. The van der Waals surface area contributed by atoms with E-state index in [1.165, 1.54) is 19.0 Å². The summed E-state index contributed by atoms with van der Waals surface area (Å²) >= 11 is 0. The second kappa shape index (κ2) is 5.23. The Morgan fingerprint density at radius 2 is 2.39 bits per heavy atom. The van der Waals surface area contributed by atoms with Crippen molar-refractivity contribution in [1.29, 1.82) is 5.26 Å². The maximum atomic E-state index is 8.74. The van der Waals surface area contributed by atoms with Gasteiger partial charge < -0.3 is 15.8 Å². The Bertz CT molecular complexity index is 463. The Balaban J connectivity index is 1.93. The van der Waals surface area contributed by atoms with E-state index in [2.05, 4.69) is 10.3 Å². The van der Waals surface area contributed by atoms with Gasteiger partial charge in [-0.25, -0.2) is 4.98 Å². The van der Waals surface area contributed by atoms with Gasteiger partial charge in [-0.1, -0.05) is 0 Å². The average Bonchev–Trinajstić information content (AvgIpc) is 3.15. The molecule has 0 aromatic carbocycles. The van der Waals surface area contributed by atoms with Gasteiger partial charge in [-0.15, -0.1) is 0 Å². The van der Waals surface area contributed by atoms with Crippen LogP contribution in [0.2, 0.25) is 0 Å². The first-order valence-corrected chi connectivity index (χ1v) is 6.07. The molecule has 0 spiro atoms. The second-order valence-electron chi connectivity index (χ2n) is 4.87. The maximum absolute atomic E-state index is 8.74. The molecule has 2 rings (SSSR count). The van der Waals surface area contributed by atoms with Gasteiger partial charge in [0.1, 0.15) is 11.9 Å². The molecule has 1 fully saturated rings. The van der Waals surface area contributed by atoms with E-state index in [9.17, 15) is 0 Å². The molecule has 1 heterocycles. The first-order chi connectivity index (χ1) is 8.69. The summed E-state index contributed by atoms with van der Waals surface area (Å²) in [4.78, 5) is 4.17. The molecular formula is C13H18N4O. The molecule has 0 bridgehead atoms. The quantitative estimate of drug-likeness (QED) is 0.799. The highest BCUT2D eigenvalue weighted by Crippen LogP contribution is 2.48. The largest absolute Gasteiger partial charge is 0.396 e. The fourth-order valence-electron chi connectivity index (χ4n) is 1.97. The van der Waals surface area contributed by atoms with Crippen molar-refractivity contribution in [2.24, 2.45) is 5.41 Å². The number of aromatic nitrogens is 1. The van der Waals surface area contributed by atoms with E-state index >= 15 is 0 Å². The predicted octanol–water partition coefficient (Wildman–Crippen LogP) is 1.76. The lowest BCUT2D eigenvalue weighted by atomic mass is 10.0. The van der Waals surface area contributed by atoms with Gasteiger partial charge in [-0.3, -0.25) is 0 Å². The summed E-state index contributed by atoms with van der Waals surface area (Å²) in [6.45, 7) is 1.65. The SMILES string of the molecule is COCCC1(CNc2ncc(C#N)cc2N)CC1. The Morgan fingerprint density at radius 1 is 1.61 bits per heavy atom. The molecule has 18 heavy (non-hydrogen) atoms. The number of rotatable bonds is 6. The first kappa shape index (κ1) is 12.7. The number of nitriles is 1. The summed E-state index contributed by atoms with van der Waals surface area (Å²) < 4.78 is 5.12. The van der Waals surface area contributed by atoms with Crippen molar-refractivity contribution in [2.45, 2.75) is 19.3 Å². The van der Waals surface area contributed by atoms with E-state index in [1.54, 1.807) is 13.2 Å². The number of nitrogens with one attached hydrogen (secondary N) is 1. The zero-order valence-electron chi connectivity index (χ0n) is 10.6. The Kier molecular flexibility index (Phi) is 3.68. The number of hydrogen-bond donors (Lipinski definition) is 2. The number of pyridine rings is 1. The van der Waals surface area contributed by atoms with Crippen LogP contribution in [-0.4, -0.2) is 25.2 Å². The van der Waals surface area contributed by atoms with Gasteiger partial charge in [-0.05, 0) is 30.7 Å². The minimum absolute atomic E-state index is 0.345. The fraction of sp³-hybridized carbons (Fsp3) is 0.538. The number of methoxy groups -OCH3 is 1. The normalized spacial score (nSPS) is 16.0. The van der Waals surface area contributed by atoms with Crippen molar-refractivity contribution < 1.29 is 4.74 Å². The van der Waals surface area contributed by atoms with Gasteiger partial charge in [0.15, 0.2) is 0 Å². The van der Waals surface area contributed by atoms with E-state index in [0.717, 1.165) is 19.6 Å². The molecule has 0 radical (unpaired) electrons. The predicted molar refractivity (Wildman–Crippen MR) is 70.0 cm³/mol. The van der Waals surface area contributed by atoms with E-state index in [4.69, 9.17) is 15.7 Å². The van der Waals surface area contributed by atoms with Crippen LogP contribution >= 0.6 is 0 Å². The minimum atomic E-state index is 0.345. The number of anilines is 2. The van der Waals surface area contributed by atoms with Crippen LogP contribution in [-0.2, 0) is 4.74 Å². The molecule has 0 atom stereocenters. The van der Waals surface area contributed by atoms with Gasteiger partial charge in [0.25, 0.3) is 0 Å². The van der Waals surface area contributed by atoms with Crippen LogP contribution in [0.1, 0.15) is 24.8 Å². The van der Waals surface area contributed by atoms with Crippen molar-refractivity contribution in [2.75, 3.05) is 31.3 Å². The third-order valence-electron chi connectivity index (χ3n) is 3.47. The average molecular weight is 246 g/mol. The molecule has 5 nitrogen and oxygen atoms in total. The van der Waals surface area contributed by atoms with E-state index in [-0.39, 0.29) is 0 Å². The molecule has 1 aromatic heterocycles. The van der Waals surface area contributed by atoms with Crippen molar-refractivity contribution in [3.05, 3.63) is 17.8 Å². The van der Waals surface area contributed by atoms with Crippen LogP contribution in [0.15, 0.2) is 12.3 Å². The van der Waals surface area contributed by atoms with Crippen molar-refractivity contribution in [3.63, 3.8) is 0 Å². The summed E-state index contributed by atoms with van der Waals surface area (Å²) in [5, 5.41) is 12.0. The molecule has 1 aliphatic rings. The topological polar surface area (TPSA) is 84.0 Å². The molecule has 1 aliphatic carbocycles. The molecule has 3 N–H and O–H groups in total. The van der Waals surface area contributed by atoms with Crippen LogP contribution < -0.4 is 11.1 Å². The molecule has 0 saturated heterocycles. The zero-order chi connectivity index (χ0) is 13.0. The lowest BCUT2D eigenvalue weighted by Crippen LogP contribution is -2.18. The van der Waals surface area contributed by atoms with E-state index < -0.39 is 0 Å². The second-order valence-corrected chi connectivity index (χ2v) is 4.87. The number of ether oxygens (including phenoxy) is 1. The fourth-order valence-corrected chi connectivity index (χ4v) is 1.97. The highest BCUT2D eigenvalue weighted by atomic mass is 16.5. The number of nitrogens with two attached hydrogens (primary N) is 1. The van der Waals surface area contributed by atoms with Crippen LogP contribution in [0.25, 0.3) is 0 Å². The Morgan fingerprint density at radius 3 is 2.94 bits per heavy atom. The van der Waals surface area contributed by atoms with E-state index in [1.807, 2.05) is 6.07 Å². The summed E-state index contributed by atoms with van der Waals surface area (Å²) in [7, 11) is 1.73. The lowest BCUT2D eigenvalue weighted by molar-refractivity contribution is 0.175. The van der Waals surface area contributed by atoms with Gasteiger partial charge >= 0.3 is 0 Å². The summed E-state index contributed by atoms with van der Waals surface area (Å²) in [5.74, 6) is 0.665. The Labute approximate surface area is 107 Å². The highest BCUT2D eigenvalue weighted by Gasteiger charge is 2.41. The van der Waals surface area contributed by atoms with Gasteiger partial charge in [0.2, 0.25) is 0 Å². The smallest absolute Gasteiger partial charge is 0.149 e. The third-order valence-corrected chi connectivity index (χ3v) is 3.47. The highest BCUT2D eigenvalue weighted by molar-refractivity contribution is 5.63. The van der Waals surface area contributed by atoms with E-state index in [0.29, 0.717) is 22.5 Å². The molecule has 96 valence electrons. The summed E-state index contributed by atoms with van der Waals surface area (Å²) in [6.07, 6.45) is 5.04. The molecule has 0 amide bonds. The minimum Gasteiger partial charge on any atom is -0.396 e. The van der Waals surface area contributed by atoms with Crippen molar-refractivity contribution in [1.82, 2.24) is 4.98 Å². The van der Waals surface area contributed by atoms with Gasteiger partial charge in [-0.2, -0.15) is 5.26 Å². The molecule has 0 unspecified atom stereocenters.